The molecule has 6 heteroatoms. The number of hydrogen-bond donors (Lipinski definition) is 1. The maximum Gasteiger partial charge on any atom is 0.262 e. The van der Waals surface area contributed by atoms with Crippen molar-refractivity contribution in [3.8, 4) is 11.8 Å². The number of amides is 1. The molecule has 0 saturated heterocycles. The SMILES string of the molecule is C=CCOc1c(Br)cc(/C=C(\C#N)C(=O)NC(C)c2ccccc2)cc1Br. The van der Waals surface area contributed by atoms with Gasteiger partial charge in [0.05, 0.1) is 15.0 Å². The minimum atomic E-state index is -0.423. The van der Waals surface area contributed by atoms with E-state index in [0.717, 1.165) is 5.56 Å². The molecule has 1 atom stereocenters. The number of rotatable bonds is 7. The molecule has 2 aromatic carbocycles. The maximum absolute atomic E-state index is 12.5. The molecule has 0 heterocycles. The number of nitrogens with zero attached hydrogens (tertiary/aromatic N) is 1. The van der Waals surface area contributed by atoms with Gasteiger partial charge in [0, 0.05) is 0 Å². The summed E-state index contributed by atoms with van der Waals surface area (Å²) >= 11 is 6.89. The third kappa shape index (κ3) is 5.81. The second-order valence-corrected chi connectivity index (χ2v) is 7.40. The van der Waals surface area contributed by atoms with Crippen LogP contribution in [0.15, 0.2) is 69.6 Å². The summed E-state index contributed by atoms with van der Waals surface area (Å²) in [6.45, 7) is 5.87. The van der Waals surface area contributed by atoms with Gasteiger partial charge in [0.2, 0.25) is 0 Å². The summed E-state index contributed by atoms with van der Waals surface area (Å²) in [7, 11) is 0. The molecule has 2 rings (SSSR count). The first-order valence-corrected chi connectivity index (χ1v) is 9.75. The normalized spacial score (nSPS) is 12.0. The van der Waals surface area contributed by atoms with Gasteiger partial charge in [0.1, 0.15) is 24.0 Å². The molecular weight excluding hydrogens is 472 g/mol. The van der Waals surface area contributed by atoms with Crippen molar-refractivity contribution < 1.29 is 9.53 Å². The number of benzene rings is 2. The predicted molar refractivity (Wildman–Crippen MR) is 114 cm³/mol. The van der Waals surface area contributed by atoms with Gasteiger partial charge in [-0.2, -0.15) is 5.26 Å². The van der Waals surface area contributed by atoms with Gasteiger partial charge in [0.15, 0.2) is 0 Å². The summed E-state index contributed by atoms with van der Waals surface area (Å²) in [5.74, 6) is 0.209. The van der Waals surface area contributed by atoms with Gasteiger partial charge >= 0.3 is 0 Å². The Morgan fingerprint density at radius 2 is 1.93 bits per heavy atom. The molecule has 0 aliphatic heterocycles. The van der Waals surface area contributed by atoms with E-state index in [4.69, 9.17) is 4.74 Å². The molecule has 0 fully saturated rings. The van der Waals surface area contributed by atoms with E-state index in [0.29, 0.717) is 26.9 Å². The first-order chi connectivity index (χ1) is 13.0. The Kier molecular flexibility index (Phi) is 7.83. The summed E-state index contributed by atoms with van der Waals surface area (Å²) < 4.78 is 6.99. The van der Waals surface area contributed by atoms with Crippen LogP contribution in [0.4, 0.5) is 0 Å². The second kappa shape index (κ2) is 10.1. The Bertz CT molecular complexity index is 879. The van der Waals surface area contributed by atoms with Gasteiger partial charge in [-0.3, -0.25) is 4.79 Å². The highest BCUT2D eigenvalue weighted by molar-refractivity contribution is 9.11. The Morgan fingerprint density at radius 1 is 1.30 bits per heavy atom. The van der Waals surface area contributed by atoms with Crippen LogP contribution in [0.1, 0.15) is 24.1 Å². The highest BCUT2D eigenvalue weighted by Gasteiger charge is 2.15. The summed E-state index contributed by atoms with van der Waals surface area (Å²) in [5.41, 5.74) is 1.69. The van der Waals surface area contributed by atoms with Gasteiger partial charge in [-0.15, -0.1) is 0 Å². The lowest BCUT2D eigenvalue weighted by atomic mass is 10.1. The van der Waals surface area contributed by atoms with Crippen molar-refractivity contribution >= 4 is 43.8 Å². The number of nitriles is 1. The van der Waals surface area contributed by atoms with Crippen LogP contribution in [-0.2, 0) is 4.79 Å². The van der Waals surface area contributed by atoms with Crippen LogP contribution < -0.4 is 10.1 Å². The van der Waals surface area contributed by atoms with E-state index in [-0.39, 0.29) is 11.6 Å². The molecule has 27 heavy (non-hydrogen) atoms. The largest absolute Gasteiger partial charge is 0.487 e. The van der Waals surface area contributed by atoms with E-state index in [1.54, 1.807) is 24.3 Å². The molecule has 0 aromatic heterocycles. The van der Waals surface area contributed by atoms with Crippen molar-refractivity contribution in [3.63, 3.8) is 0 Å². The van der Waals surface area contributed by atoms with E-state index in [1.807, 2.05) is 43.3 Å². The van der Waals surface area contributed by atoms with Crippen molar-refractivity contribution in [1.82, 2.24) is 5.32 Å². The monoisotopic (exact) mass is 488 g/mol. The van der Waals surface area contributed by atoms with E-state index in [1.165, 1.54) is 0 Å². The van der Waals surface area contributed by atoms with E-state index >= 15 is 0 Å². The average molecular weight is 490 g/mol. The van der Waals surface area contributed by atoms with Gasteiger partial charge in [-0.05, 0) is 68.1 Å². The molecule has 1 N–H and O–H groups in total. The molecule has 0 aliphatic rings. The van der Waals surface area contributed by atoms with Crippen LogP contribution >= 0.6 is 31.9 Å². The third-order valence-corrected chi connectivity index (χ3v) is 4.87. The standard InChI is InChI=1S/C21H18Br2N2O2/c1-3-9-27-20-18(22)11-15(12-19(20)23)10-17(13-24)21(26)25-14(2)16-7-5-4-6-8-16/h3-8,10-12,14H,1,9H2,2H3,(H,25,26)/b17-10+. The van der Waals surface area contributed by atoms with Crippen molar-refractivity contribution in [2.75, 3.05) is 6.61 Å². The van der Waals surface area contributed by atoms with Crippen molar-refractivity contribution in [2.24, 2.45) is 0 Å². The molecule has 4 nitrogen and oxygen atoms in total. The summed E-state index contributed by atoms with van der Waals surface area (Å²) in [6, 6.07) is 14.9. The Hall–Kier alpha value is -2.36. The highest BCUT2D eigenvalue weighted by Crippen LogP contribution is 2.35. The summed E-state index contributed by atoms with van der Waals surface area (Å²) in [4.78, 5) is 12.5. The molecule has 0 spiro atoms. The van der Waals surface area contributed by atoms with E-state index < -0.39 is 5.91 Å². The van der Waals surface area contributed by atoms with Crippen molar-refractivity contribution in [2.45, 2.75) is 13.0 Å². The van der Waals surface area contributed by atoms with Crippen molar-refractivity contribution in [1.29, 1.82) is 5.26 Å². The lowest BCUT2D eigenvalue weighted by molar-refractivity contribution is -0.117. The topological polar surface area (TPSA) is 62.1 Å². The first kappa shape index (κ1) is 20.9. The van der Waals surface area contributed by atoms with Gasteiger partial charge in [-0.25, -0.2) is 0 Å². The number of carbonyl (C=O) groups excluding carboxylic acids is 1. The fourth-order valence-corrected chi connectivity index (χ4v) is 3.81. The van der Waals surface area contributed by atoms with Crippen LogP contribution in [-0.4, -0.2) is 12.5 Å². The molecule has 2 aromatic rings. The van der Waals surface area contributed by atoms with Gasteiger partial charge < -0.3 is 10.1 Å². The molecule has 0 radical (unpaired) electrons. The zero-order valence-electron chi connectivity index (χ0n) is 14.7. The van der Waals surface area contributed by atoms with Crippen LogP contribution in [0.25, 0.3) is 6.08 Å². The number of hydrogen-bond acceptors (Lipinski definition) is 3. The zero-order valence-corrected chi connectivity index (χ0v) is 17.9. The molecule has 0 bridgehead atoms. The highest BCUT2D eigenvalue weighted by atomic mass is 79.9. The summed E-state index contributed by atoms with van der Waals surface area (Å²) in [5, 5.41) is 12.3. The van der Waals surface area contributed by atoms with E-state index in [2.05, 4.69) is 43.8 Å². The minimum absolute atomic E-state index is 0.0244. The number of ether oxygens (including phenoxy) is 1. The second-order valence-electron chi connectivity index (χ2n) is 5.69. The molecule has 1 unspecified atom stereocenters. The number of nitrogens with one attached hydrogen (secondary N) is 1. The average Bonchev–Trinajstić information content (AvgIpc) is 2.66. The van der Waals surface area contributed by atoms with Crippen molar-refractivity contribution in [3.05, 3.63) is 80.8 Å². The van der Waals surface area contributed by atoms with Crippen LogP contribution in [0.5, 0.6) is 5.75 Å². The van der Waals surface area contributed by atoms with Gasteiger partial charge in [-0.1, -0.05) is 43.0 Å². The fraction of sp³-hybridized carbons (Fsp3) is 0.143. The van der Waals surface area contributed by atoms with Crippen LogP contribution in [0, 0.1) is 11.3 Å². The Labute approximate surface area is 175 Å². The zero-order chi connectivity index (χ0) is 19.8. The molecule has 0 saturated carbocycles. The lowest BCUT2D eigenvalue weighted by Crippen LogP contribution is -2.27. The Morgan fingerprint density at radius 3 is 2.48 bits per heavy atom. The third-order valence-electron chi connectivity index (χ3n) is 3.69. The fourth-order valence-electron chi connectivity index (χ4n) is 2.36. The predicted octanol–water partition coefficient (Wildman–Crippen LogP) is 5.56. The molecule has 1 amide bonds. The Balaban J connectivity index is 2.21. The van der Waals surface area contributed by atoms with E-state index in [9.17, 15) is 10.1 Å². The summed E-state index contributed by atoms with van der Waals surface area (Å²) in [6.07, 6.45) is 3.19. The lowest BCUT2D eigenvalue weighted by Gasteiger charge is -2.14. The van der Waals surface area contributed by atoms with Gasteiger partial charge in [0.25, 0.3) is 5.91 Å². The van der Waals surface area contributed by atoms with Crippen LogP contribution in [0.3, 0.4) is 0 Å². The number of carbonyl (C=O) groups is 1. The van der Waals surface area contributed by atoms with Crippen LogP contribution in [0.2, 0.25) is 0 Å². The quantitative estimate of drug-likeness (QED) is 0.314. The first-order valence-electron chi connectivity index (χ1n) is 8.16. The maximum atomic E-state index is 12.5. The number of halogens is 2. The molecule has 0 aliphatic carbocycles. The smallest absolute Gasteiger partial charge is 0.262 e. The minimum Gasteiger partial charge on any atom is -0.487 e. The molecular formula is C21H18Br2N2O2. The molecule has 138 valence electrons.